The fraction of sp³-hybridized carbons (Fsp3) is 0.190. The van der Waals surface area contributed by atoms with Crippen LogP contribution in [0.4, 0.5) is 0 Å². The van der Waals surface area contributed by atoms with Gasteiger partial charge >= 0.3 is 5.97 Å². The third-order valence-corrected chi connectivity index (χ3v) is 4.89. The van der Waals surface area contributed by atoms with Crippen molar-refractivity contribution in [1.82, 2.24) is 4.98 Å². The first-order chi connectivity index (χ1) is 11.7. The normalized spacial score (nSPS) is 16.1. The Balaban J connectivity index is 1.52. The number of benzene rings is 2. The van der Waals surface area contributed by atoms with Crippen molar-refractivity contribution in [2.45, 2.75) is 25.2 Å². The summed E-state index contributed by atoms with van der Waals surface area (Å²) in [5, 5.41) is 9.13. The minimum atomic E-state index is -0.879. The molecule has 0 radical (unpaired) electrons. The van der Waals surface area contributed by atoms with Gasteiger partial charge < -0.3 is 10.1 Å². The first-order valence-corrected chi connectivity index (χ1v) is 8.30. The van der Waals surface area contributed by atoms with Gasteiger partial charge in [0.25, 0.3) is 0 Å². The predicted molar refractivity (Wildman–Crippen MR) is 94.4 cm³/mol. The van der Waals surface area contributed by atoms with E-state index in [0.717, 1.165) is 25.0 Å². The molecule has 1 unspecified atom stereocenters. The molecule has 0 fully saturated rings. The topological polar surface area (TPSA) is 53.1 Å². The molecule has 1 aliphatic rings. The number of H-pyrrole nitrogens is 1. The molecule has 0 amide bonds. The zero-order valence-corrected chi connectivity index (χ0v) is 13.3. The number of aryl methyl sites for hydroxylation is 1. The highest BCUT2D eigenvalue weighted by molar-refractivity contribution is 5.86. The van der Waals surface area contributed by atoms with Crippen LogP contribution in [0.25, 0.3) is 11.1 Å². The van der Waals surface area contributed by atoms with Gasteiger partial charge in [-0.1, -0.05) is 54.6 Å². The summed E-state index contributed by atoms with van der Waals surface area (Å²) in [5.74, 6) is -0.470. The fourth-order valence-electron chi connectivity index (χ4n) is 3.63. The van der Waals surface area contributed by atoms with Gasteiger partial charge in [-0.2, -0.15) is 0 Å². The van der Waals surface area contributed by atoms with Gasteiger partial charge in [-0.25, -0.2) is 4.79 Å². The van der Waals surface area contributed by atoms with Crippen LogP contribution in [0.2, 0.25) is 0 Å². The number of rotatable bonds is 4. The molecule has 1 aliphatic carbocycles. The molecule has 3 heteroatoms. The molecule has 24 heavy (non-hydrogen) atoms. The Morgan fingerprint density at radius 3 is 2.46 bits per heavy atom. The second-order valence-corrected chi connectivity index (χ2v) is 6.42. The van der Waals surface area contributed by atoms with Crippen molar-refractivity contribution in [3.63, 3.8) is 0 Å². The summed E-state index contributed by atoms with van der Waals surface area (Å²) in [4.78, 5) is 14.2. The summed E-state index contributed by atoms with van der Waals surface area (Å²) in [6, 6.07) is 20.9. The zero-order valence-electron chi connectivity index (χ0n) is 13.3. The Kier molecular flexibility index (Phi) is 3.69. The molecule has 0 bridgehead atoms. The van der Waals surface area contributed by atoms with Crippen molar-refractivity contribution in [2.24, 2.45) is 0 Å². The third-order valence-electron chi connectivity index (χ3n) is 4.89. The molecule has 1 aromatic heterocycles. The van der Waals surface area contributed by atoms with Crippen LogP contribution in [0.5, 0.6) is 0 Å². The maximum Gasteiger partial charge on any atom is 0.352 e. The molecule has 0 spiro atoms. The Morgan fingerprint density at radius 1 is 1.04 bits per heavy atom. The van der Waals surface area contributed by atoms with Gasteiger partial charge in [0, 0.05) is 5.69 Å². The van der Waals surface area contributed by atoms with E-state index in [9.17, 15) is 4.79 Å². The average Bonchev–Trinajstić information content (AvgIpc) is 3.19. The van der Waals surface area contributed by atoms with Crippen molar-refractivity contribution >= 4 is 5.97 Å². The van der Waals surface area contributed by atoms with Gasteiger partial charge in [-0.15, -0.1) is 0 Å². The highest BCUT2D eigenvalue weighted by atomic mass is 16.4. The minimum Gasteiger partial charge on any atom is -0.477 e. The quantitative estimate of drug-likeness (QED) is 0.736. The SMILES string of the molecule is O=C(O)c1cc2c([nH]1)CCC2Cc1ccc(-c2ccccc2)cc1. The van der Waals surface area contributed by atoms with Crippen molar-refractivity contribution in [1.29, 1.82) is 0 Å². The molecule has 3 aromatic rings. The van der Waals surface area contributed by atoms with Gasteiger partial charge in [0.2, 0.25) is 0 Å². The maximum atomic E-state index is 11.1. The molecule has 2 aromatic carbocycles. The van der Waals surface area contributed by atoms with Crippen LogP contribution in [0, 0.1) is 0 Å². The number of carbonyl (C=O) groups is 1. The predicted octanol–water partition coefficient (Wildman–Crippen LogP) is 4.65. The Bertz CT molecular complexity index is 863. The van der Waals surface area contributed by atoms with Gasteiger partial charge in [0.1, 0.15) is 5.69 Å². The number of aromatic nitrogens is 1. The van der Waals surface area contributed by atoms with E-state index in [1.54, 1.807) is 0 Å². The summed E-state index contributed by atoms with van der Waals surface area (Å²) in [6.45, 7) is 0. The van der Waals surface area contributed by atoms with Crippen LogP contribution in [0.1, 0.15) is 39.6 Å². The number of hydrogen-bond donors (Lipinski definition) is 2. The van der Waals surface area contributed by atoms with Gasteiger partial charge in [0.15, 0.2) is 0 Å². The molecule has 1 atom stereocenters. The summed E-state index contributed by atoms with van der Waals surface area (Å²) < 4.78 is 0. The lowest BCUT2D eigenvalue weighted by Crippen LogP contribution is -2.00. The van der Waals surface area contributed by atoms with E-state index in [1.807, 2.05) is 12.1 Å². The van der Waals surface area contributed by atoms with E-state index < -0.39 is 5.97 Å². The largest absolute Gasteiger partial charge is 0.477 e. The van der Waals surface area contributed by atoms with Crippen LogP contribution in [-0.4, -0.2) is 16.1 Å². The van der Waals surface area contributed by atoms with Crippen LogP contribution >= 0.6 is 0 Å². The first kappa shape index (κ1) is 14.8. The highest BCUT2D eigenvalue weighted by Crippen LogP contribution is 2.36. The van der Waals surface area contributed by atoms with Crippen LogP contribution < -0.4 is 0 Å². The molecule has 2 N–H and O–H groups in total. The molecule has 4 rings (SSSR count). The molecule has 0 saturated heterocycles. The minimum absolute atomic E-state index is 0.309. The summed E-state index contributed by atoms with van der Waals surface area (Å²) >= 11 is 0. The van der Waals surface area contributed by atoms with E-state index in [2.05, 4.69) is 53.5 Å². The molecular weight excluding hydrogens is 298 g/mol. The average molecular weight is 317 g/mol. The Morgan fingerprint density at radius 2 is 1.75 bits per heavy atom. The van der Waals surface area contributed by atoms with Crippen LogP contribution in [0.15, 0.2) is 60.7 Å². The lowest BCUT2D eigenvalue weighted by Gasteiger charge is -2.11. The number of aromatic amines is 1. The monoisotopic (exact) mass is 317 g/mol. The summed E-state index contributed by atoms with van der Waals surface area (Å²) in [6.07, 6.45) is 2.98. The molecule has 0 saturated carbocycles. The second-order valence-electron chi connectivity index (χ2n) is 6.42. The third kappa shape index (κ3) is 2.73. The maximum absolute atomic E-state index is 11.1. The number of nitrogens with one attached hydrogen (secondary N) is 1. The van der Waals surface area contributed by atoms with E-state index in [1.165, 1.54) is 22.3 Å². The van der Waals surface area contributed by atoms with Gasteiger partial charge in [0.05, 0.1) is 0 Å². The van der Waals surface area contributed by atoms with Crippen LogP contribution in [0.3, 0.4) is 0 Å². The lowest BCUT2D eigenvalue weighted by atomic mass is 9.93. The molecule has 120 valence electrons. The van der Waals surface area contributed by atoms with Crippen molar-refractivity contribution in [2.75, 3.05) is 0 Å². The Hall–Kier alpha value is -2.81. The van der Waals surface area contributed by atoms with E-state index in [0.29, 0.717) is 11.6 Å². The fourth-order valence-corrected chi connectivity index (χ4v) is 3.63. The van der Waals surface area contributed by atoms with E-state index in [-0.39, 0.29) is 0 Å². The number of fused-ring (bicyclic) bond motifs is 1. The molecule has 0 aliphatic heterocycles. The van der Waals surface area contributed by atoms with E-state index in [4.69, 9.17) is 5.11 Å². The molecular formula is C21H19NO2. The van der Waals surface area contributed by atoms with Crippen molar-refractivity contribution in [3.05, 3.63) is 83.2 Å². The van der Waals surface area contributed by atoms with Gasteiger partial charge in [-0.05, 0) is 53.5 Å². The van der Waals surface area contributed by atoms with Crippen molar-refractivity contribution in [3.8, 4) is 11.1 Å². The highest BCUT2D eigenvalue weighted by Gasteiger charge is 2.26. The Labute approximate surface area is 141 Å². The molecule has 1 heterocycles. The number of carboxylic acid groups (broad SMARTS) is 1. The summed E-state index contributed by atoms with van der Waals surface area (Å²) in [7, 11) is 0. The lowest BCUT2D eigenvalue weighted by molar-refractivity contribution is 0.0691. The van der Waals surface area contributed by atoms with Crippen LogP contribution in [-0.2, 0) is 12.8 Å². The molecule has 3 nitrogen and oxygen atoms in total. The first-order valence-electron chi connectivity index (χ1n) is 8.30. The zero-order chi connectivity index (χ0) is 16.5. The summed E-state index contributed by atoms with van der Waals surface area (Å²) in [5.41, 5.74) is 6.33. The number of aromatic carboxylic acids is 1. The van der Waals surface area contributed by atoms with E-state index >= 15 is 0 Å². The smallest absolute Gasteiger partial charge is 0.352 e. The van der Waals surface area contributed by atoms with Crippen molar-refractivity contribution < 1.29 is 9.90 Å². The second kappa shape index (κ2) is 6.00. The number of hydrogen-bond acceptors (Lipinski definition) is 1. The number of carboxylic acids is 1. The standard InChI is InChI=1S/C21H19NO2/c23-21(24)20-13-18-17(10-11-19(18)22-20)12-14-6-8-16(9-7-14)15-4-2-1-3-5-15/h1-9,13,17,22H,10-12H2,(H,23,24). The van der Waals surface area contributed by atoms with Gasteiger partial charge in [-0.3, -0.25) is 0 Å².